The van der Waals surface area contributed by atoms with Crippen LogP contribution in [0.25, 0.3) is 0 Å². The van der Waals surface area contributed by atoms with Crippen LogP contribution in [0.4, 0.5) is 5.69 Å². The number of ether oxygens (including phenoxy) is 1. The average molecular weight is 375 g/mol. The monoisotopic (exact) mass is 374 g/mol. The number of nitrogens with two attached hydrogens (primary N) is 1. The summed E-state index contributed by atoms with van der Waals surface area (Å²) in [5.74, 6) is -0.270. The van der Waals surface area contributed by atoms with Crippen molar-refractivity contribution < 1.29 is 14.6 Å². The van der Waals surface area contributed by atoms with E-state index < -0.39 is 17.6 Å². The Hall–Kier alpha value is -2.24. The molecule has 2 aromatic rings. The summed E-state index contributed by atoms with van der Waals surface area (Å²) in [5, 5.41) is 12.2. The summed E-state index contributed by atoms with van der Waals surface area (Å²) in [6.45, 7) is 2.36. The highest BCUT2D eigenvalue weighted by molar-refractivity contribution is 6.30. The molecule has 1 aliphatic rings. The largest absolute Gasteiger partial charge is 0.496 e. The summed E-state index contributed by atoms with van der Waals surface area (Å²) in [7, 11) is 1.58. The predicted octanol–water partition coefficient (Wildman–Crippen LogP) is 3.43. The fraction of sp³-hybridized carbons (Fsp3) is 0.350. The highest BCUT2D eigenvalue weighted by Crippen LogP contribution is 2.53. The Morgan fingerprint density at radius 2 is 2.08 bits per heavy atom. The molecule has 3 N–H and O–H groups in total. The minimum absolute atomic E-state index is 0.0454. The molecule has 2 unspecified atom stereocenters. The number of rotatable bonds is 6. The number of halogens is 1. The van der Waals surface area contributed by atoms with Crippen LogP contribution in [0.15, 0.2) is 42.5 Å². The SMILES string of the molecule is CCC1(O)C(CC(N)=O)c2c(OC)cccc2N1Cc1cccc(Cl)c1. The molecular formula is C20H23ClN2O3. The Morgan fingerprint density at radius 3 is 2.69 bits per heavy atom. The van der Waals surface area contributed by atoms with Crippen molar-refractivity contribution in [2.45, 2.75) is 38.0 Å². The third-order valence-electron chi connectivity index (χ3n) is 5.08. The third kappa shape index (κ3) is 3.13. The summed E-state index contributed by atoms with van der Waals surface area (Å²) in [6, 6.07) is 13.2. The summed E-state index contributed by atoms with van der Waals surface area (Å²) in [6.07, 6.45) is 0.479. The number of primary amides is 1. The molecule has 5 nitrogen and oxygen atoms in total. The molecule has 0 radical (unpaired) electrons. The minimum atomic E-state index is -1.24. The van der Waals surface area contributed by atoms with E-state index in [1.807, 2.05) is 54.3 Å². The summed E-state index contributed by atoms with van der Waals surface area (Å²) < 4.78 is 5.51. The van der Waals surface area contributed by atoms with Gasteiger partial charge in [0.15, 0.2) is 0 Å². The standard InChI is InChI=1S/C20H23ClN2O3/c1-3-20(25)15(11-18(22)24)19-16(8-5-9-17(19)26-2)23(20)12-13-6-4-7-14(21)10-13/h4-10,15,25H,3,11-12H2,1-2H3,(H2,22,24). The second kappa shape index (κ2) is 7.17. The molecule has 0 bridgehead atoms. The Balaban J connectivity index is 2.12. The van der Waals surface area contributed by atoms with Gasteiger partial charge in [-0.1, -0.05) is 36.7 Å². The van der Waals surface area contributed by atoms with Gasteiger partial charge in [0.2, 0.25) is 5.91 Å². The maximum atomic E-state index is 11.7. The molecule has 0 spiro atoms. The Bertz CT molecular complexity index is 826. The molecule has 3 rings (SSSR count). The van der Waals surface area contributed by atoms with Gasteiger partial charge in [-0.2, -0.15) is 0 Å². The van der Waals surface area contributed by atoms with Crippen molar-refractivity contribution in [2.75, 3.05) is 12.0 Å². The number of benzene rings is 2. The van der Waals surface area contributed by atoms with Gasteiger partial charge in [-0.25, -0.2) is 0 Å². The van der Waals surface area contributed by atoms with Crippen LogP contribution in [-0.2, 0) is 11.3 Å². The van der Waals surface area contributed by atoms with Gasteiger partial charge in [0.1, 0.15) is 11.5 Å². The molecule has 2 aromatic carbocycles. The molecular weight excluding hydrogens is 352 g/mol. The predicted molar refractivity (Wildman–Crippen MR) is 102 cm³/mol. The average Bonchev–Trinajstić information content (AvgIpc) is 2.84. The fourth-order valence-corrected chi connectivity index (χ4v) is 4.08. The van der Waals surface area contributed by atoms with E-state index in [2.05, 4.69) is 0 Å². The smallest absolute Gasteiger partial charge is 0.218 e. The lowest BCUT2D eigenvalue weighted by Gasteiger charge is -2.38. The number of methoxy groups -OCH3 is 1. The molecule has 0 aliphatic carbocycles. The van der Waals surface area contributed by atoms with Gasteiger partial charge in [0, 0.05) is 35.2 Å². The van der Waals surface area contributed by atoms with Gasteiger partial charge in [0.05, 0.1) is 7.11 Å². The van der Waals surface area contributed by atoms with E-state index in [0.717, 1.165) is 16.8 Å². The number of hydrogen-bond acceptors (Lipinski definition) is 4. The zero-order chi connectivity index (χ0) is 18.9. The van der Waals surface area contributed by atoms with Gasteiger partial charge < -0.3 is 20.5 Å². The second-order valence-electron chi connectivity index (χ2n) is 6.56. The number of carbonyl (C=O) groups excluding carboxylic acids is 1. The van der Waals surface area contributed by atoms with Crippen LogP contribution < -0.4 is 15.4 Å². The zero-order valence-electron chi connectivity index (χ0n) is 14.9. The first-order valence-electron chi connectivity index (χ1n) is 8.60. The topological polar surface area (TPSA) is 75.8 Å². The number of amides is 1. The first-order valence-corrected chi connectivity index (χ1v) is 8.98. The quantitative estimate of drug-likeness (QED) is 0.812. The third-order valence-corrected chi connectivity index (χ3v) is 5.32. The van der Waals surface area contributed by atoms with Crippen LogP contribution in [0.2, 0.25) is 5.02 Å². The van der Waals surface area contributed by atoms with Crippen molar-refractivity contribution in [1.29, 1.82) is 0 Å². The number of carbonyl (C=O) groups is 1. The lowest BCUT2D eigenvalue weighted by atomic mass is 9.86. The molecule has 0 saturated heterocycles. The van der Waals surface area contributed by atoms with E-state index in [0.29, 0.717) is 23.7 Å². The number of nitrogens with zero attached hydrogens (tertiary/aromatic N) is 1. The maximum Gasteiger partial charge on any atom is 0.218 e. The maximum absolute atomic E-state index is 11.7. The summed E-state index contributed by atoms with van der Waals surface area (Å²) >= 11 is 6.12. The highest BCUT2D eigenvalue weighted by atomic mass is 35.5. The van der Waals surface area contributed by atoms with Gasteiger partial charge in [0.25, 0.3) is 0 Å². The number of aliphatic hydroxyl groups is 1. The van der Waals surface area contributed by atoms with Crippen LogP contribution in [-0.4, -0.2) is 23.8 Å². The van der Waals surface area contributed by atoms with Crippen molar-refractivity contribution in [1.82, 2.24) is 0 Å². The Morgan fingerprint density at radius 1 is 1.35 bits per heavy atom. The van der Waals surface area contributed by atoms with E-state index in [9.17, 15) is 9.90 Å². The summed E-state index contributed by atoms with van der Waals surface area (Å²) in [4.78, 5) is 13.6. The van der Waals surface area contributed by atoms with Crippen molar-refractivity contribution in [2.24, 2.45) is 5.73 Å². The summed E-state index contributed by atoms with van der Waals surface area (Å²) in [5.41, 5.74) is 6.88. The molecule has 0 aromatic heterocycles. The molecule has 0 fully saturated rings. The van der Waals surface area contributed by atoms with E-state index in [1.165, 1.54) is 0 Å². The van der Waals surface area contributed by atoms with Crippen molar-refractivity contribution in [3.05, 3.63) is 58.6 Å². The first-order chi connectivity index (χ1) is 12.4. The van der Waals surface area contributed by atoms with E-state index in [-0.39, 0.29) is 6.42 Å². The van der Waals surface area contributed by atoms with Crippen molar-refractivity contribution in [3.8, 4) is 5.75 Å². The number of fused-ring (bicyclic) bond motifs is 1. The van der Waals surface area contributed by atoms with E-state index >= 15 is 0 Å². The molecule has 138 valence electrons. The van der Waals surface area contributed by atoms with Crippen molar-refractivity contribution >= 4 is 23.2 Å². The van der Waals surface area contributed by atoms with Gasteiger partial charge >= 0.3 is 0 Å². The van der Waals surface area contributed by atoms with Crippen molar-refractivity contribution in [3.63, 3.8) is 0 Å². The van der Waals surface area contributed by atoms with E-state index in [1.54, 1.807) is 7.11 Å². The van der Waals surface area contributed by atoms with Gasteiger partial charge in [-0.3, -0.25) is 4.79 Å². The van der Waals surface area contributed by atoms with Crippen LogP contribution in [0.3, 0.4) is 0 Å². The van der Waals surface area contributed by atoms with Crippen LogP contribution in [0.5, 0.6) is 5.75 Å². The van der Waals surface area contributed by atoms with Crippen LogP contribution in [0, 0.1) is 0 Å². The normalized spacial score (nSPS) is 21.5. The fourth-order valence-electron chi connectivity index (χ4n) is 3.87. The number of hydrogen-bond donors (Lipinski definition) is 2. The minimum Gasteiger partial charge on any atom is -0.496 e. The lowest BCUT2D eigenvalue weighted by molar-refractivity contribution is -0.120. The lowest BCUT2D eigenvalue weighted by Crippen LogP contribution is -2.49. The molecule has 26 heavy (non-hydrogen) atoms. The Kier molecular flexibility index (Phi) is 5.12. The van der Waals surface area contributed by atoms with E-state index in [4.69, 9.17) is 22.1 Å². The first kappa shape index (κ1) is 18.5. The number of anilines is 1. The van der Waals surface area contributed by atoms with Gasteiger partial charge in [-0.15, -0.1) is 0 Å². The molecule has 2 atom stereocenters. The molecule has 1 aliphatic heterocycles. The second-order valence-corrected chi connectivity index (χ2v) is 7.00. The van der Waals surface area contributed by atoms with Crippen LogP contribution in [0.1, 0.15) is 36.8 Å². The Labute approximate surface area is 158 Å². The molecule has 6 heteroatoms. The zero-order valence-corrected chi connectivity index (χ0v) is 15.7. The van der Waals surface area contributed by atoms with Gasteiger partial charge in [-0.05, 0) is 36.2 Å². The molecule has 1 heterocycles. The molecule has 0 saturated carbocycles. The highest BCUT2D eigenvalue weighted by Gasteiger charge is 2.51. The molecule has 1 amide bonds. The van der Waals surface area contributed by atoms with Crippen LogP contribution >= 0.6 is 11.6 Å².